The van der Waals surface area contributed by atoms with Crippen LogP contribution in [0.4, 0.5) is 0 Å². The van der Waals surface area contributed by atoms with Gasteiger partial charge in [0.2, 0.25) is 17.5 Å². The molecule has 0 aliphatic rings. The second-order valence-electron chi connectivity index (χ2n) is 5.21. The molecule has 0 saturated carbocycles. The summed E-state index contributed by atoms with van der Waals surface area (Å²) in [6, 6.07) is 6.22. The van der Waals surface area contributed by atoms with Gasteiger partial charge in [0.1, 0.15) is 0 Å². The van der Waals surface area contributed by atoms with Crippen molar-refractivity contribution in [2.24, 2.45) is 0 Å². The summed E-state index contributed by atoms with van der Waals surface area (Å²) in [7, 11) is 0. The van der Waals surface area contributed by atoms with E-state index in [0.717, 1.165) is 10.4 Å². The van der Waals surface area contributed by atoms with Crippen molar-refractivity contribution in [3.63, 3.8) is 0 Å². The number of nitrogens with zero attached hydrogens (tertiary/aromatic N) is 1. The Hall–Kier alpha value is -1.42. The number of benzene rings is 1. The summed E-state index contributed by atoms with van der Waals surface area (Å²) in [4.78, 5) is 1.10. The van der Waals surface area contributed by atoms with Crippen LogP contribution in [-0.2, 0) is 0 Å². The molecule has 0 aliphatic carbocycles. The summed E-state index contributed by atoms with van der Waals surface area (Å²) in [5.41, 5.74) is 0.929. The summed E-state index contributed by atoms with van der Waals surface area (Å²) < 4.78 is 1.97. The topological polar surface area (TPSA) is 44.3 Å². The van der Waals surface area contributed by atoms with Crippen LogP contribution in [0, 0.1) is 0 Å². The summed E-state index contributed by atoms with van der Waals surface area (Å²) in [5, 5.41) is 21.1. The van der Waals surface area contributed by atoms with E-state index in [4.69, 9.17) is 0 Å². The average molecular weight is 278 g/mol. The summed E-state index contributed by atoms with van der Waals surface area (Å²) in [6.45, 7) is 8.36. The summed E-state index contributed by atoms with van der Waals surface area (Å²) >= 11 is 1.74. The summed E-state index contributed by atoms with van der Waals surface area (Å²) in [6.07, 6.45) is 1.58. The van der Waals surface area contributed by atoms with Crippen molar-refractivity contribution < 1.29 is 14.8 Å². The number of hydrogen-bond acceptors (Lipinski definition) is 3. The number of rotatable bonds is 3. The lowest BCUT2D eigenvalue weighted by Gasteiger charge is -2.10. The van der Waals surface area contributed by atoms with Crippen molar-refractivity contribution in [2.45, 2.75) is 43.9 Å². The third-order valence-corrected chi connectivity index (χ3v) is 3.93. The van der Waals surface area contributed by atoms with E-state index in [1.165, 1.54) is 0 Å². The monoisotopic (exact) mass is 278 g/mol. The highest BCUT2D eigenvalue weighted by molar-refractivity contribution is 7.99. The molecule has 0 fully saturated rings. The minimum atomic E-state index is -0.0760. The number of aromatic hydroxyl groups is 2. The van der Waals surface area contributed by atoms with E-state index in [1.807, 2.05) is 30.5 Å². The molecule has 2 aromatic rings. The maximum atomic E-state index is 10.1. The van der Waals surface area contributed by atoms with Crippen molar-refractivity contribution in [3.05, 3.63) is 24.4 Å². The van der Waals surface area contributed by atoms with Crippen LogP contribution in [0.3, 0.4) is 0 Å². The van der Waals surface area contributed by atoms with E-state index < -0.39 is 0 Å². The number of fused-ring (bicyclic) bond motifs is 1. The van der Waals surface area contributed by atoms with Gasteiger partial charge in [-0.05, 0) is 26.0 Å². The first-order valence-corrected chi connectivity index (χ1v) is 7.34. The molecule has 3 nitrogen and oxygen atoms in total. The highest BCUT2D eigenvalue weighted by atomic mass is 32.2. The SMILES string of the molecule is CC(C)Sc1ccc2c(c1)c(O)c(O)c[n+]2C(C)C. The highest BCUT2D eigenvalue weighted by Gasteiger charge is 2.20. The van der Waals surface area contributed by atoms with E-state index in [1.54, 1.807) is 18.0 Å². The molecule has 19 heavy (non-hydrogen) atoms. The lowest BCUT2D eigenvalue weighted by atomic mass is 10.1. The third-order valence-electron chi connectivity index (χ3n) is 2.93. The van der Waals surface area contributed by atoms with Gasteiger partial charge in [-0.1, -0.05) is 13.8 Å². The second-order valence-corrected chi connectivity index (χ2v) is 6.86. The molecule has 0 radical (unpaired) electrons. The first kappa shape index (κ1) is 14.0. The van der Waals surface area contributed by atoms with Crippen molar-refractivity contribution in [1.29, 1.82) is 0 Å². The second kappa shape index (κ2) is 5.29. The molecular weight excluding hydrogens is 258 g/mol. The molecule has 2 N–H and O–H groups in total. The van der Waals surface area contributed by atoms with E-state index in [0.29, 0.717) is 10.6 Å². The highest BCUT2D eigenvalue weighted by Crippen LogP contribution is 2.34. The number of aromatic nitrogens is 1. The van der Waals surface area contributed by atoms with E-state index in [9.17, 15) is 10.2 Å². The zero-order valence-electron chi connectivity index (χ0n) is 11.7. The van der Waals surface area contributed by atoms with Crippen LogP contribution >= 0.6 is 11.8 Å². The zero-order chi connectivity index (χ0) is 14.2. The molecule has 2 rings (SSSR count). The Morgan fingerprint density at radius 1 is 1.11 bits per heavy atom. The zero-order valence-corrected chi connectivity index (χ0v) is 12.5. The van der Waals surface area contributed by atoms with Gasteiger partial charge in [-0.25, -0.2) is 0 Å². The molecule has 0 bridgehead atoms. The van der Waals surface area contributed by atoms with Crippen molar-refractivity contribution in [1.82, 2.24) is 0 Å². The quantitative estimate of drug-likeness (QED) is 0.666. The summed E-state index contributed by atoms with van der Waals surface area (Å²) in [5.74, 6) is -0.119. The fourth-order valence-electron chi connectivity index (χ4n) is 2.10. The van der Waals surface area contributed by atoms with Crippen LogP contribution in [0.1, 0.15) is 33.7 Å². The van der Waals surface area contributed by atoms with Crippen LogP contribution in [0.2, 0.25) is 0 Å². The predicted molar refractivity (Wildman–Crippen MR) is 78.9 cm³/mol. The minimum absolute atomic E-state index is 0.0434. The van der Waals surface area contributed by atoms with Gasteiger partial charge in [-0.15, -0.1) is 11.8 Å². The van der Waals surface area contributed by atoms with Crippen LogP contribution in [0.5, 0.6) is 11.5 Å². The maximum Gasteiger partial charge on any atom is 0.223 e. The van der Waals surface area contributed by atoms with Crippen molar-refractivity contribution in [2.75, 3.05) is 0 Å². The third kappa shape index (κ3) is 2.78. The Morgan fingerprint density at radius 2 is 1.79 bits per heavy atom. The fourth-order valence-corrected chi connectivity index (χ4v) is 2.98. The Kier molecular flexibility index (Phi) is 3.90. The molecule has 0 spiro atoms. The molecular formula is C15H20NO2S+. The Labute approximate surface area is 117 Å². The Morgan fingerprint density at radius 3 is 2.37 bits per heavy atom. The molecule has 1 aromatic heterocycles. The van der Waals surface area contributed by atoms with Gasteiger partial charge in [0.15, 0.2) is 11.8 Å². The van der Waals surface area contributed by atoms with Gasteiger partial charge in [0, 0.05) is 16.2 Å². The normalized spacial score (nSPS) is 11.7. The van der Waals surface area contributed by atoms with E-state index in [-0.39, 0.29) is 17.5 Å². The molecule has 0 unspecified atom stereocenters. The average Bonchev–Trinajstić information content (AvgIpc) is 2.33. The minimum Gasteiger partial charge on any atom is -0.504 e. The first-order chi connectivity index (χ1) is 8.90. The molecule has 0 saturated heterocycles. The van der Waals surface area contributed by atoms with Gasteiger partial charge in [-0.2, -0.15) is 4.57 Å². The Balaban J connectivity index is 2.67. The van der Waals surface area contributed by atoms with Crippen LogP contribution in [0.25, 0.3) is 10.9 Å². The van der Waals surface area contributed by atoms with Gasteiger partial charge < -0.3 is 10.2 Å². The van der Waals surface area contributed by atoms with Crippen LogP contribution < -0.4 is 4.57 Å². The lowest BCUT2D eigenvalue weighted by Crippen LogP contribution is -2.36. The smallest absolute Gasteiger partial charge is 0.223 e. The van der Waals surface area contributed by atoms with Gasteiger partial charge in [-0.3, -0.25) is 0 Å². The molecule has 0 aliphatic heterocycles. The van der Waals surface area contributed by atoms with Crippen molar-refractivity contribution in [3.8, 4) is 11.5 Å². The number of pyridine rings is 1. The lowest BCUT2D eigenvalue weighted by molar-refractivity contribution is -0.691. The van der Waals surface area contributed by atoms with Crippen LogP contribution in [0.15, 0.2) is 29.3 Å². The van der Waals surface area contributed by atoms with Crippen molar-refractivity contribution >= 4 is 22.7 Å². The molecule has 0 atom stereocenters. The van der Waals surface area contributed by atoms with Gasteiger partial charge in [0.25, 0.3) is 0 Å². The molecule has 1 heterocycles. The van der Waals surface area contributed by atoms with Gasteiger partial charge >= 0.3 is 0 Å². The van der Waals surface area contributed by atoms with E-state index in [2.05, 4.69) is 19.9 Å². The standard InChI is InChI=1S/C15H19NO2S/c1-9(2)16-8-14(17)15(18)12-7-11(19-10(3)4)5-6-13(12)16/h5-10,17H,1-4H3/p+1. The maximum absolute atomic E-state index is 10.1. The largest absolute Gasteiger partial charge is 0.504 e. The fraction of sp³-hybridized carbons (Fsp3) is 0.400. The first-order valence-electron chi connectivity index (χ1n) is 6.46. The molecule has 1 aromatic carbocycles. The molecule has 0 amide bonds. The predicted octanol–water partition coefficient (Wildman–Crippen LogP) is 3.62. The molecule has 102 valence electrons. The van der Waals surface area contributed by atoms with Crippen LogP contribution in [-0.4, -0.2) is 15.5 Å². The molecule has 4 heteroatoms. The van der Waals surface area contributed by atoms with Gasteiger partial charge in [0.05, 0.1) is 5.39 Å². The number of hydrogen-bond donors (Lipinski definition) is 2. The number of thioether (sulfide) groups is 1. The Bertz CT molecular complexity index is 609. The van der Waals surface area contributed by atoms with E-state index >= 15 is 0 Å².